The fourth-order valence-corrected chi connectivity index (χ4v) is 5.09. The molecule has 0 unspecified atom stereocenters. The summed E-state index contributed by atoms with van der Waals surface area (Å²) >= 11 is 3.23. The molecule has 1 aliphatic rings. The lowest BCUT2D eigenvalue weighted by atomic mass is 10.1. The summed E-state index contributed by atoms with van der Waals surface area (Å²) in [5, 5.41) is 8.73. The third kappa shape index (κ3) is 2.68. The van der Waals surface area contributed by atoms with Crippen LogP contribution in [0.1, 0.15) is 19.3 Å². The van der Waals surface area contributed by atoms with Crippen LogP contribution in [-0.4, -0.2) is 14.2 Å². The number of anilines is 1. The molecule has 0 radical (unpaired) electrons. The Balaban J connectivity index is 2.29. The summed E-state index contributed by atoms with van der Waals surface area (Å²) in [7, 11) is -3.38. The van der Waals surface area contributed by atoms with E-state index in [4.69, 9.17) is 11.0 Å². The Kier molecular flexibility index (Phi) is 3.39. The average molecular weight is 329 g/mol. The van der Waals surface area contributed by atoms with Crippen LogP contribution in [0.25, 0.3) is 0 Å². The molecule has 96 valence electrons. The van der Waals surface area contributed by atoms with E-state index in [1.54, 1.807) is 12.1 Å². The standard InChI is InChI=1S/C12H13BrN2O2S/c13-10-7-9(15)1-2-11(10)18(16,17)8-12(3-4-12)5-6-14/h1-2,7H,3-5,8,15H2. The molecule has 2 rings (SSSR count). The van der Waals surface area contributed by atoms with Gasteiger partial charge in [0, 0.05) is 16.6 Å². The number of halogens is 1. The van der Waals surface area contributed by atoms with Crippen LogP contribution in [-0.2, 0) is 9.84 Å². The van der Waals surface area contributed by atoms with Crippen LogP contribution in [0.15, 0.2) is 27.6 Å². The maximum Gasteiger partial charge on any atom is 0.180 e. The van der Waals surface area contributed by atoms with E-state index < -0.39 is 9.84 Å². The lowest BCUT2D eigenvalue weighted by Gasteiger charge is -2.13. The van der Waals surface area contributed by atoms with Gasteiger partial charge in [-0.25, -0.2) is 8.42 Å². The Morgan fingerprint density at radius 1 is 1.44 bits per heavy atom. The van der Waals surface area contributed by atoms with E-state index in [0.717, 1.165) is 12.8 Å². The van der Waals surface area contributed by atoms with Crippen molar-refractivity contribution in [2.45, 2.75) is 24.2 Å². The summed E-state index contributed by atoms with van der Waals surface area (Å²) in [5.41, 5.74) is 5.78. The van der Waals surface area contributed by atoms with Gasteiger partial charge in [-0.2, -0.15) is 5.26 Å². The minimum absolute atomic E-state index is 0.0378. The smallest absolute Gasteiger partial charge is 0.180 e. The minimum atomic E-state index is -3.38. The van der Waals surface area contributed by atoms with Gasteiger partial charge in [-0.15, -0.1) is 0 Å². The lowest BCUT2D eigenvalue weighted by molar-refractivity contribution is 0.547. The van der Waals surface area contributed by atoms with E-state index in [0.29, 0.717) is 16.6 Å². The molecule has 4 nitrogen and oxygen atoms in total. The first-order valence-corrected chi connectivity index (χ1v) is 7.98. The zero-order valence-corrected chi connectivity index (χ0v) is 12.1. The van der Waals surface area contributed by atoms with Crippen LogP contribution >= 0.6 is 15.9 Å². The van der Waals surface area contributed by atoms with Gasteiger partial charge in [0.2, 0.25) is 0 Å². The van der Waals surface area contributed by atoms with E-state index >= 15 is 0 Å². The molecule has 0 heterocycles. The lowest BCUT2D eigenvalue weighted by Crippen LogP contribution is -2.17. The molecule has 0 bridgehead atoms. The zero-order valence-electron chi connectivity index (χ0n) is 9.69. The predicted molar refractivity (Wildman–Crippen MR) is 72.5 cm³/mol. The van der Waals surface area contributed by atoms with Gasteiger partial charge in [-0.05, 0) is 52.4 Å². The molecule has 1 fully saturated rings. The third-order valence-corrected chi connectivity index (χ3v) is 6.14. The summed E-state index contributed by atoms with van der Waals surface area (Å²) in [5.74, 6) is 0.0378. The van der Waals surface area contributed by atoms with Crippen LogP contribution < -0.4 is 5.73 Å². The van der Waals surface area contributed by atoms with Gasteiger partial charge in [0.15, 0.2) is 9.84 Å². The molecule has 1 saturated carbocycles. The van der Waals surface area contributed by atoms with Gasteiger partial charge in [-0.3, -0.25) is 0 Å². The van der Waals surface area contributed by atoms with Crippen molar-refractivity contribution in [2.24, 2.45) is 5.41 Å². The van der Waals surface area contributed by atoms with Crippen LogP contribution in [0, 0.1) is 16.7 Å². The quantitative estimate of drug-likeness (QED) is 0.860. The van der Waals surface area contributed by atoms with Gasteiger partial charge in [0.05, 0.1) is 16.7 Å². The number of nitrogens with two attached hydrogens (primary N) is 1. The first kappa shape index (κ1) is 13.4. The molecule has 2 N–H and O–H groups in total. The maximum absolute atomic E-state index is 12.3. The number of nitrogens with zero attached hydrogens (tertiary/aromatic N) is 1. The predicted octanol–water partition coefficient (Wildman–Crippen LogP) is 2.50. The number of rotatable bonds is 4. The van der Waals surface area contributed by atoms with Gasteiger partial charge < -0.3 is 5.73 Å². The van der Waals surface area contributed by atoms with Gasteiger partial charge in [-0.1, -0.05) is 0 Å². The van der Waals surface area contributed by atoms with Crippen LogP contribution in [0.5, 0.6) is 0 Å². The Bertz CT molecular complexity index is 615. The second kappa shape index (κ2) is 4.56. The molecule has 18 heavy (non-hydrogen) atoms. The highest BCUT2D eigenvalue weighted by Gasteiger charge is 2.46. The van der Waals surface area contributed by atoms with E-state index in [-0.39, 0.29) is 16.1 Å². The monoisotopic (exact) mass is 328 g/mol. The minimum Gasteiger partial charge on any atom is -0.399 e. The molecule has 6 heteroatoms. The maximum atomic E-state index is 12.3. The highest BCUT2D eigenvalue weighted by molar-refractivity contribution is 9.10. The molecule has 0 aliphatic heterocycles. The number of nitrogen functional groups attached to an aromatic ring is 1. The van der Waals surface area contributed by atoms with Gasteiger partial charge in [0.1, 0.15) is 0 Å². The van der Waals surface area contributed by atoms with E-state index in [1.165, 1.54) is 6.07 Å². The Morgan fingerprint density at radius 3 is 2.61 bits per heavy atom. The first-order chi connectivity index (χ1) is 8.38. The number of nitriles is 1. The SMILES string of the molecule is N#CCC1(CS(=O)(=O)c2ccc(N)cc2Br)CC1. The molecular formula is C12H13BrN2O2S. The van der Waals surface area contributed by atoms with Crippen LogP contribution in [0.3, 0.4) is 0 Å². The molecule has 0 atom stereocenters. The second-order valence-corrected chi connectivity index (χ2v) is 7.60. The fourth-order valence-electron chi connectivity index (χ4n) is 1.97. The molecular weight excluding hydrogens is 316 g/mol. The van der Waals surface area contributed by atoms with Gasteiger partial charge >= 0.3 is 0 Å². The topological polar surface area (TPSA) is 84.0 Å². The molecule has 1 aromatic carbocycles. The van der Waals surface area contributed by atoms with E-state index in [9.17, 15) is 8.42 Å². The van der Waals surface area contributed by atoms with Crippen molar-refractivity contribution in [3.63, 3.8) is 0 Å². The number of hydrogen-bond donors (Lipinski definition) is 1. The highest BCUT2D eigenvalue weighted by atomic mass is 79.9. The Hall–Kier alpha value is -1.06. The number of benzene rings is 1. The largest absolute Gasteiger partial charge is 0.399 e. The Morgan fingerprint density at radius 2 is 2.11 bits per heavy atom. The average Bonchev–Trinajstić information content (AvgIpc) is 2.96. The van der Waals surface area contributed by atoms with E-state index in [1.807, 2.05) is 0 Å². The van der Waals surface area contributed by atoms with Crippen molar-refractivity contribution in [3.05, 3.63) is 22.7 Å². The molecule has 0 aromatic heterocycles. The fraction of sp³-hybridized carbons (Fsp3) is 0.417. The zero-order chi connectivity index (χ0) is 13.4. The van der Waals surface area contributed by atoms with Crippen molar-refractivity contribution >= 4 is 31.5 Å². The summed E-state index contributed by atoms with van der Waals surface area (Å²) < 4.78 is 25.1. The summed E-state index contributed by atoms with van der Waals surface area (Å²) in [6.45, 7) is 0. The third-order valence-electron chi connectivity index (χ3n) is 3.20. The normalized spacial score (nSPS) is 17.1. The molecule has 1 aliphatic carbocycles. The highest BCUT2D eigenvalue weighted by Crippen LogP contribution is 2.50. The molecule has 0 spiro atoms. The second-order valence-electron chi connectivity index (χ2n) is 4.78. The van der Waals surface area contributed by atoms with Crippen LogP contribution in [0.4, 0.5) is 5.69 Å². The van der Waals surface area contributed by atoms with Crippen molar-refractivity contribution in [1.29, 1.82) is 5.26 Å². The molecule has 1 aromatic rings. The van der Waals surface area contributed by atoms with Crippen molar-refractivity contribution in [1.82, 2.24) is 0 Å². The molecule has 0 amide bonds. The summed E-state index contributed by atoms with van der Waals surface area (Å²) in [6, 6.07) is 6.73. The Labute approximate surface area is 115 Å². The first-order valence-electron chi connectivity index (χ1n) is 5.53. The number of sulfone groups is 1. The van der Waals surface area contributed by atoms with Crippen LogP contribution in [0.2, 0.25) is 0 Å². The molecule has 0 saturated heterocycles. The van der Waals surface area contributed by atoms with Crippen molar-refractivity contribution < 1.29 is 8.42 Å². The van der Waals surface area contributed by atoms with Gasteiger partial charge in [0.25, 0.3) is 0 Å². The number of hydrogen-bond acceptors (Lipinski definition) is 4. The van der Waals surface area contributed by atoms with Crippen molar-refractivity contribution in [2.75, 3.05) is 11.5 Å². The van der Waals surface area contributed by atoms with Crippen molar-refractivity contribution in [3.8, 4) is 6.07 Å². The van der Waals surface area contributed by atoms with E-state index in [2.05, 4.69) is 22.0 Å². The summed E-state index contributed by atoms with van der Waals surface area (Å²) in [4.78, 5) is 0.251. The summed E-state index contributed by atoms with van der Waals surface area (Å²) in [6.07, 6.45) is 1.93.